The van der Waals surface area contributed by atoms with Crippen molar-refractivity contribution in [3.8, 4) is 5.75 Å². The summed E-state index contributed by atoms with van der Waals surface area (Å²) < 4.78 is 37.9. The number of oxazole rings is 1. The Kier molecular flexibility index (Phi) is 4.15. The van der Waals surface area contributed by atoms with E-state index in [1.807, 2.05) is 12.1 Å². The zero-order valence-electron chi connectivity index (χ0n) is 15.6. The van der Waals surface area contributed by atoms with Gasteiger partial charge in [0.05, 0.1) is 6.61 Å². The van der Waals surface area contributed by atoms with E-state index in [1.54, 1.807) is 29.2 Å². The molecule has 2 aliphatic rings. The molecule has 0 unspecified atom stereocenters. The summed E-state index contributed by atoms with van der Waals surface area (Å²) in [5.41, 5.74) is 3.29. The predicted octanol–water partition coefficient (Wildman–Crippen LogP) is 4.25. The summed E-state index contributed by atoms with van der Waals surface area (Å²) in [5.74, 6) is -2.02. The number of alkyl halides is 2. The van der Waals surface area contributed by atoms with Crippen LogP contribution in [0.2, 0.25) is 0 Å². The summed E-state index contributed by atoms with van der Waals surface area (Å²) in [6.07, 6.45) is 0.379. The number of amides is 1. The maximum Gasteiger partial charge on any atom is 0.298 e. The monoisotopic (exact) mass is 399 g/mol. The SMILES string of the molecule is O=C(Nc1ccc2oc(N3CCC(F)(F)CC3)nc2c1)c1ccc2c(c1)CCO2. The van der Waals surface area contributed by atoms with E-state index in [4.69, 9.17) is 9.15 Å². The fraction of sp³-hybridized carbons (Fsp3) is 0.333. The topological polar surface area (TPSA) is 67.6 Å². The normalized spacial score (nSPS) is 17.8. The fourth-order valence-electron chi connectivity index (χ4n) is 3.68. The summed E-state index contributed by atoms with van der Waals surface area (Å²) >= 11 is 0. The molecule has 150 valence electrons. The van der Waals surface area contributed by atoms with Crippen LogP contribution in [-0.2, 0) is 6.42 Å². The highest BCUT2D eigenvalue weighted by Gasteiger charge is 2.35. The van der Waals surface area contributed by atoms with E-state index >= 15 is 0 Å². The Bertz CT molecular complexity index is 1090. The molecule has 1 N–H and O–H groups in total. The molecule has 2 aliphatic heterocycles. The Balaban J connectivity index is 1.33. The maximum absolute atomic E-state index is 13.4. The van der Waals surface area contributed by atoms with Crippen LogP contribution in [0.15, 0.2) is 40.8 Å². The minimum absolute atomic E-state index is 0.200. The van der Waals surface area contributed by atoms with E-state index in [0.29, 0.717) is 35.0 Å². The van der Waals surface area contributed by atoms with Gasteiger partial charge in [-0.2, -0.15) is 4.98 Å². The quantitative estimate of drug-likeness (QED) is 0.713. The average Bonchev–Trinajstić information content (AvgIpc) is 3.33. The third-order valence-corrected chi connectivity index (χ3v) is 5.35. The predicted molar refractivity (Wildman–Crippen MR) is 104 cm³/mol. The lowest BCUT2D eigenvalue weighted by Crippen LogP contribution is -2.39. The summed E-state index contributed by atoms with van der Waals surface area (Å²) in [5, 5.41) is 2.87. The number of anilines is 2. The van der Waals surface area contributed by atoms with Gasteiger partial charge in [-0.25, -0.2) is 8.78 Å². The molecule has 8 heteroatoms. The number of halogens is 2. The summed E-state index contributed by atoms with van der Waals surface area (Å²) in [6.45, 7) is 1.04. The molecule has 29 heavy (non-hydrogen) atoms. The Hall–Kier alpha value is -3.16. The van der Waals surface area contributed by atoms with Crippen molar-refractivity contribution in [1.29, 1.82) is 0 Å². The highest BCUT2D eigenvalue weighted by molar-refractivity contribution is 6.05. The van der Waals surface area contributed by atoms with Gasteiger partial charge in [-0.05, 0) is 42.0 Å². The molecule has 3 aromatic rings. The van der Waals surface area contributed by atoms with Crippen molar-refractivity contribution in [1.82, 2.24) is 4.98 Å². The molecule has 0 radical (unpaired) electrons. The minimum atomic E-state index is -2.62. The van der Waals surface area contributed by atoms with E-state index in [-0.39, 0.29) is 31.8 Å². The van der Waals surface area contributed by atoms with Gasteiger partial charge in [0, 0.05) is 43.6 Å². The molecule has 0 aliphatic carbocycles. The first-order chi connectivity index (χ1) is 14.0. The highest BCUT2D eigenvalue weighted by Crippen LogP contribution is 2.32. The van der Waals surface area contributed by atoms with E-state index < -0.39 is 5.92 Å². The van der Waals surface area contributed by atoms with Gasteiger partial charge in [0.1, 0.15) is 11.3 Å². The fourth-order valence-corrected chi connectivity index (χ4v) is 3.68. The number of hydrogen-bond donors (Lipinski definition) is 1. The van der Waals surface area contributed by atoms with Crippen molar-refractivity contribution >= 4 is 28.7 Å². The molecule has 0 spiro atoms. The molecule has 1 amide bonds. The molecular weight excluding hydrogens is 380 g/mol. The molecule has 1 aromatic heterocycles. The zero-order valence-corrected chi connectivity index (χ0v) is 15.6. The number of nitrogens with one attached hydrogen (secondary N) is 1. The van der Waals surface area contributed by atoms with Crippen LogP contribution in [0, 0.1) is 0 Å². The number of carbonyl (C=O) groups is 1. The number of ether oxygens (including phenoxy) is 1. The lowest BCUT2D eigenvalue weighted by molar-refractivity contribution is -0.0226. The van der Waals surface area contributed by atoms with Crippen LogP contribution in [-0.4, -0.2) is 36.5 Å². The number of piperidine rings is 1. The van der Waals surface area contributed by atoms with Gasteiger partial charge >= 0.3 is 0 Å². The van der Waals surface area contributed by atoms with Crippen molar-refractivity contribution in [3.63, 3.8) is 0 Å². The molecule has 5 rings (SSSR count). The zero-order chi connectivity index (χ0) is 20.0. The van der Waals surface area contributed by atoms with Crippen LogP contribution >= 0.6 is 0 Å². The summed E-state index contributed by atoms with van der Waals surface area (Å²) in [4.78, 5) is 18.7. The minimum Gasteiger partial charge on any atom is -0.493 e. The van der Waals surface area contributed by atoms with Crippen LogP contribution in [0.1, 0.15) is 28.8 Å². The third-order valence-electron chi connectivity index (χ3n) is 5.35. The highest BCUT2D eigenvalue weighted by atomic mass is 19.3. The number of rotatable bonds is 3. The second-order valence-corrected chi connectivity index (χ2v) is 7.40. The third kappa shape index (κ3) is 3.50. The first-order valence-electron chi connectivity index (χ1n) is 9.57. The number of fused-ring (bicyclic) bond motifs is 2. The first-order valence-corrected chi connectivity index (χ1v) is 9.57. The molecule has 0 bridgehead atoms. The van der Waals surface area contributed by atoms with Gasteiger partial charge in [-0.1, -0.05) is 0 Å². The second kappa shape index (κ2) is 6.72. The van der Waals surface area contributed by atoms with E-state index in [0.717, 1.165) is 17.7 Å². The van der Waals surface area contributed by atoms with Gasteiger partial charge in [0.25, 0.3) is 17.8 Å². The number of hydrogen-bond acceptors (Lipinski definition) is 5. The molecule has 0 saturated carbocycles. The molecule has 0 atom stereocenters. The lowest BCUT2D eigenvalue weighted by Gasteiger charge is -2.30. The number of carbonyl (C=O) groups excluding carboxylic acids is 1. The Morgan fingerprint density at radius 1 is 1.14 bits per heavy atom. The Morgan fingerprint density at radius 3 is 2.79 bits per heavy atom. The number of nitrogens with zero attached hydrogens (tertiary/aromatic N) is 2. The molecule has 6 nitrogen and oxygen atoms in total. The Morgan fingerprint density at radius 2 is 1.97 bits per heavy atom. The van der Waals surface area contributed by atoms with Crippen LogP contribution in [0.5, 0.6) is 5.75 Å². The van der Waals surface area contributed by atoms with Crippen molar-refractivity contribution in [2.45, 2.75) is 25.2 Å². The lowest BCUT2D eigenvalue weighted by atomic mass is 10.1. The van der Waals surface area contributed by atoms with Crippen molar-refractivity contribution in [2.24, 2.45) is 0 Å². The molecule has 1 fully saturated rings. The van der Waals surface area contributed by atoms with Crippen LogP contribution in [0.25, 0.3) is 11.1 Å². The molecule has 2 aromatic carbocycles. The van der Waals surface area contributed by atoms with Gasteiger partial charge in [0.2, 0.25) is 0 Å². The van der Waals surface area contributed by atoms with Crippen LogP contribution < -0.4 is 15.0 Å². The maximum atomic E-state index is 13.4. The van der Waals surface area contributed by atoms with Crippen LogP contribution in [0.3, 0.4) is 0 Å². The smallest absolute Gasteiger partial charge is 0.298 e. The first kappa shape index (κ1) is 17.9. The summed E-state index contributed by atoms with van der Waals surface area (Å²) in [7, 11) is 0. The van der Waals surface area contributed by atoms with Crippen molar-refractivity contribution < 1.29 is 22.7 Å². The van der Waals surface area contributed by atoms with Gasteiger partial charge in [-0.3, -0.25) is 4.79 Å². The summed E-state index contributed by atoms with van der Waals surface area (Å²) in [6, 6.07) is 10.9. The van der Waals surface area contributed by atoms with E-state index in [9.17, 15) is 13.6 Å². The van der Waals surface area contributed by atoms with Crippen LogP contribution in [0.4, 0.5) is 20.5 Å². The Labute approximate surface area is 165 Å². The van der Waals surface area contributed by atoms with Crippen molar-refractivity contribution in [2.75, 3.05) is 29.9 Å². The molecule has 1 saturated heterocycles. The largest absolute Gasteiger partial charge is 0.493 e. The molecule has 3 heterocycles. The van der Waals surface area contributed by atoms with Gasteiger partial charge in [-0.15, -0.1) is 0 Å². The van der Waals surface area contributed by atoms with Gasteiger partial charge < -0.3 is 19.4 Å². The molecular formula is C21H19F2N3O3. The number of benzene rings is 2. The van der Waals surface area contributed by atoms with Gasteiger partial charge in [0.15, 0.2) is 5.58 Å². The van der Waals surface area contributed by atoms with E-state index in [1.165, 1.54) is 0 Å². The standard InChI is InChI=1S/C21H19F2N3O3/c22-21(23)6-8-26(9-7-21)20-25-16-12-15(2-4-18(16)29-20)24-19(27)14-1-3-17-13(11-14)5-10-28-17/h1-4,11-12H,5-10H2,(H,24,27). The number of aromatic nitrogens is 1. The van der Waals surface area contributed by atoms with Crippen molar-refractivity contribution in [3.05, 3.63) is 47.5 Å². The second-order valence-electron chi connectivity index (χ2n) is 7.40. The van der Waals surface area contributed by atoms with E-state index in [2.05, 4.69) is 10.3 Å². The average molecular weight is 399 g/mol.